The highest BCUT2D eigenvalue weighted by Crippen LogP contribution is 2.18. The number of benzene rings is 1. The van der Waals surface area contributed by atoms with E-state index in [9.17, 15) is 14.4 Å². The summed E-state index contributed by atoms with van der Waals surface area (Å²) in [6, 6.07) is 4.75. The molecule has 1 N–H and O–H groups in total. The van der Waals surface area contributed by atoms with E-state index in [0.29, 0.717) is 5.52 Å². The number of carbonyl (C=O) groups is 2. The molecular formula is C17H20N2O5. The van der Waals surface area contributed by atoms with E-state index in [1.54, 1.807) is 12.1 Å². The molecule has 128 valence electrons. The molecule has 0 spiro atoms. The van der Waals surface area contributed by atoms with Crippen molar-refractivity contribution in [3.8, 4) is 0 Å². The molecule has 1 aliphatic carbocycles. The zero-order valence-electron chi connectivity index (χ0n) is 13.5. The summed E-state index contributed by atoms with van der Waals surface area (Å²) >= 11 is 0. The Bertz CT molecular complexity index is 814. The second-order valence-corrected chi connectivity index (χ2v) is 6.03. The zero-order chi connectivity index (χ0) is 17.1. The summed E-state index contributed by atoms with van der Waals surface area (Å²) in [5.41, 5.74) is 1.03. The number of methoxy groups -OCH3 is 1. The van der Waals surface area contributed by atoms with Crippen LogP contribution in [0.2, 0.25) is 0 Å². The molecule has 0 saturated heterocycles. The largest absolute Gasteiger partial charge is 0.465 e. The summed E-state index contributed by atoms with van der Waals surface area (Å²) in [5.74, 6) is -1.34. The van der Waals surface area contributed by atoms with E-state index in [1.165, 1.54) is 24.2 Å². The van der Waals surface area contributed by atoms with E-state index in [4.69, 9.17) is 4.42 Å². The normalized spacial score (nSPS) is 15.4. The van der Waals surface area contributed by atoms with Crippen molar-refractivity contribution in [2.24, 2.45) is 0 Å². The second-order valence-electron chi connectivity index (χ2n) is 6.03. The van der Waals surface area contributed by atoms with Crippen LogP contribution < -0.4 is 11.1 Å². The van der Waals surface area contributed by atoms with E-state index in [1.807, 2.05) is 0 Å². The van der Waals surface area contributed by atoms with Crippen LogP contribution >= 0.6 is 0 Å². The van der Waals surface area contributed by atoms with Gasteiger partial charge in [0.25, 0.3) is 0 Å². The molecule has 0 atom stereocenters. The Morgan fingerprint density at radius 2 is 2.04 bits per heavy atom. The Morgan fingerprint density at radius 1 is 1.29 bits per heavy atom. The van der Waals surface area contributed by atoms with Gasteiger partial charge in [-0.25, -0.2) is 9.59 Å². The van der Waals surface area contributed by atoms with Gasteiger partial charge in [0.15, 0.2) is 5.58 Å². The summed E-state index contributed by atoms with van der Waals surface area (Å²) < 4.78 is 11.1. The monoisotopic (exact) mass is 332 g/mol. The molecule has 7 nitrogen and oxygen atoms in total. The van der Waals surface area contributed by atoms with Gasteiger partial charge >= 0.3 is 11.7 Å². The molecule has 1 amide bonds. The first kappa shape index (κ1) is 16.3. The van der Waals surface area contributed by atoms with Crippen LogP contribution in [-0.2, 0) is 16.1 Å². The molecule has 1 heterocycles. The second kappa shape index (κ2) is 6.90. The standard InChI is InChI=1S/C17H20N2O5/c1-23-16(21)11-7-8-13-14(9-11)24-17(22)19(13)10-15(20)18-12-5-3-2-4-6-12/h7-9,12H,2-6,10H2,1H3,(H,18,20). The molecule has 2 aromatic rings. The van der Waals surface area contributed by atoms with Gasteiger partial charge in [-0.2, -0.15) is 0 Å². The Labute approximate surface area is 138 Å². The van der Waals surface area contributed by atoms with Crippen LogP contribution in [-0.4, -0.2) is 29.6 Å². The predicted octanol–water partition coefficient (Wildman–Crippen LogP) is 1.83. The van der Waals surface area contributed by atoms with Crippen molar-refractivity contribution in [2.75, 3.05) is 7.11 Å². The number of carbonyl (C=O) groups excluding carboxylic acids is 2. The van der Waals surface area contributed by atoms with E-state index in [-0.39, 0.29) is 29.6 Å². The number of rotatable bonds is 4. The first-order chi connectivity index (χ1) is 11.6. The number of ether oxygens (including phenoxy) is 1. The van der Waals surface area contributed by atoms with Gasteiger partial charge in [0.1, 0.15) is 6.54 Å². The van der Waals surface area contributed by atoms with E-state index >= 15 is 0 Å². The van der Waals surface area contributed by atoms with Crippen LogP contribution in [0.4, 0.5) is 0 Å². The lowest BCUT2D eigenvalue weighted by atomic mass is 9.95. The number of hydrogen-bond acceptors (Lipinski definition) is 5. The number of esters is 1. The SMILES string of the molecule is COC(=O)c1ccc2c(c1)oc(=O)n2CC(=O)NC1CCCCC1. The van der Waals surface area contributed by atoms with Crippen molar-refractivity contribution < 1.29 is 18.7 Å². The minimum absolute atomic E-state index is 0.0973. The topological polar surface area (TPSA) is 90.5 Å². The lowest BCUT2D eigenvalue weighted by molar-refractivity contribution is -0.122. The van der Waals surface area contributed by atoms with Crippen molar-refractivity contribution in [2.45, 2.75) is 44.7 Å². The zero-order valence-corrected chi connectivity index (χ0v) is 13.5. The van der Waals surface area contributed by atoms with Crippen molar-refractivity contribution in [3.05, 3.63) is 34.3 Å². The summed E-state index contributed by atoms with van der Waals surface area (Å²) in [6.07, 6.45) is 5.41. The van der Waals surface area contributed by atoms with Gasteiger partial charge in [-0.15, -0.1) is 0 Å². The Balaban J connectivity index is 1.78. The first-order valence-corrected chi connectivity index (χ1v) is 8.09. The maximum Gasteiger partial charge on any atom is 0.420 e. The Morgan fingerprint density at radius 3 is 2.75 bits per heavy atom. The minimum Gasteiger partial charge on any atom is -0.465 e. The molecule has 1 aliphatic rings. The molecule has 0 bridgehead atoms. The maximum atomic E-state index is 12.2. The molecule has 3 rings (SSSR count). The van der Waals surface area contributed by atoms with Crippen LogP contribution in [0.1, 0.15) is 42.5 Å². The number of oxazole rings is 1. The van der Waals surface area contributed by atoms with Gasteiger partial charge in [-0.1, -0.05) is 19.3 Å². The Hall–Kier alpha value is -2.57. The maximum absolute atomic E-state index is 12.2. The van der Waals surface area contributed by atoms with Crippen LogP contribution in [0.5, 0.6) is 0 Å². The molecule has 1 saturated carbocycles. The first-order valence-electron chi connectivity index (χ1n) is 8.09. The van der Waals surface area contributed by atoms with E-state index in [2.05, 4.69) is 10.1 Å². The highest BCUT2D eigenvalue weighted by Gasteiger charge is 2.19. The number of nitrogens with one attached hydrogen (secondary N) is 1. The summed E-state index contributed by atoms with van der Waals surface area (Å²) in [6.45, 7) is -0.0973. The molecule has 1 fully saturated rings. The van der Waals surface area contributed by atoms with Crippen molar-refractivity contribution in [3.63, 3.8) is 0 Å². The van der Waals surface area contributed by atoms with Crippen LogP contribution in [0, 0.1) is 0 Å². The van der Waals surface area contributed by atoms with Gasteiger partial charge in [-0.3, -0.25) is 9.36 Å². The highest BCUT2D eigenvalue weighted by molar-refractivity contribution is 5.93. The van der Waals surface area contributed by atoms with Crippen molar-refractivity contribution in [1.82, 2.24) is 9.88 Å². The van der Waals surface area contributed by atoms with Crippen molar-refractivity contribution in [1.29, 1.82) is 0 Å². The van der Waals surface area contributed by atoms with Crippen molar-refractivity contribution >= 4 is 23.0 Å². The average Bonchev–Trinajstić information content (AvgIpc) is 2.89. The predicted molar refractivity (Wildman–Crippen MR) is 86.8 cm³/mol. The van der Waals surface area contributed by atoms with Gasteiger partial charge < -0.3 is 14.5 Å². The summed E-state index contributed by atoms with van der Waals surface area (Å²) in [7, 11) is 1.28. The highest BCUT2D eigenvalue weighted by atomic mass is 16.5. The fourth-order valence-electron chi connectivity index (χ4n) is 3.12. The van der Waals surface area contributed by atoms with E-state index < -0.39 is 11.7 Å². The molecule has 0 unspecified atom stereocenters. The van der Waals surface area contributed by atoms with Gasteiger partial charge in [0.05, 0.1) is 18.2 Å². The number of fused-ring (bicyclic) bond motifs is 1. The minimum atomic E-state index is -0.620. The summed E-state index contributed by atoms with van der Waals surface area (Å²) in [5, 5.41) is 2.97. The molecular weight excluding hydrogens is 312 g/mol. The third-order valence-electron chi connectivity index (χ3n) is 4.36. The lowest BCUT2D eigenvalue weighted by Gasteiger charge is -2.22. The van der Waals surface area contributed by atoms with Gasteiger partial charge in [0.2, 0.25) is 5.91 Å². The van der Waals surface area contributed by atoms with Crippen LogP contribution in [0.15, 0.2) is 27.4 Å². The number of amides is 1. The molecule has 24 heavy (non-hydrogen) atoms. The lowest BCUT2D eigenvalue weighted by Crippen LogP contribution is -2.39. The fourth-order valence-corrected chi connectivity index (χ4v) is 3.12. The molecule has 7 heteroatoms. The third kappa shape index (κ3) is 3.34. The third-order valence-corrected chi connectivity index (χ3v) is 4.36. The smallest absolute Gasteiger partial charge is 0.420 e. The van der Waals surface area contributed by atoms with Gasteiger partial charge in [-0.05, 0) is 31.0 Å². The number of nitrogens with zero attached hydrogens (tertiary/aromatic N) is 1. The van der Waals surface area contributed by atoms with Crippen LogP contribution in [0.25, 0.3) is 11.1 Å². The molecule has 1 aromatic heterocycles. The number of aromatic nitrogens is 1. The fraction of sp³-hybridized carbons (Fsp3) is 0.471. The molecule has 0 aliphatic heterocycles. The van der Waals surface area contributed by atoms with E-state index in [0.717, 1.165) is 25.7 Å². The number of hydrogen-bond donors (Lipinski definition) is 1. The van der Waals surface area contributed by atoms with Crippen LogP contribution in [0.3, 0.4) is 0 Å². The summed E-state index contributed by atoms with van der Waals surface area (Å²) in [4.78, 5) is 35.8. The molecule has 1 aromatic carbocycles. The Kier molecular flexibility index (Phi) is 4.69. The molecule has 0 radical (unpaired) electrons. The average molecular weight is 332 g/mol. The quantitative estimate of drug-likeness (QED) is 0.863. The van der Waals surface area contributed by atoms with Gasteiger partial charge in [0, 0.05) is 6.04 Å².